The summed E-state index contributed by atoms with van der Waals surface area (Å²) in [6.07, 6.45) is 12.9. The molecule has 0 unspecified atom stereocenters. The quantitative estimate of drug-likeness (QED) is 0.347. The van der Waals surface area contributed by atoms with Crippen LogP contribution >= 0.6 is 0 Å². The van der Waals surface area contributed by atoms with Gasteiger partial charge in [-0.3, -0.25) is 0 Å². The molecular formula is C18H18O4. The molecule has 0 fully saturated rings. The van der Waals surface area contributed by atoms with Crippen molar-refractivity contribution in [2.24, 2.45) is 0 Å². The van der Waals surface area contributed by atoms with Gasteiger partial charge < -0.3 is 9.47 Å². The Morgan fingerprint density at radius 3 is 1.41 bits per heavy atom. The summed E-state index contributed by atoms with van der Waals surface area (Å²) in [6, 6.07) is 6.22. The van der Waals surface area contributed by atoms with Crippen LogP contribution in [0.2, 0.25) is 0 Å². The summed E-state index contributed by atoms with van der Waals surface area (Å²) in [7, 11) is 0. The van der Waals surface area contributed by atoms with Gasteiger partial charge in [0.05, 0.1) is 0 Å². The maximum Gasteiger partial charge on any atom is 0.336 e. The number of benzene rings is 1. The highest BCUT2D eigenvalue weighted by Gasteiger charge is 2.03. The predicted molar refractivity (Wildman–Crippen MR) is 85.6 cm³/mol. The van der Waals surface area contributed by atoms with Gasteiger partial charge in [-0.2, -0.15) is 0 Å². The summed E-state index contributed by atoms with van der Waals surface area (Å²) in [4.78, 5) is 22.9. The molecule has 4 nitrogen and oxygen atoms in total. The van der Waals surface area contributed by atoms with E-state index in [2.05, 4.69) is 0 Å². The Kier molecular flexibility index (Phi) is 7.76. The van der Waals surface area contributed by atoms with E-state index in [1.165, 1.54) is 12.2 Å². The van der Waals surface area contributed by atoms with Gasteiger partial charge >= 0.3 is 11.9 Å². The van der Waals surface area contributed by atoms with Crippen LogP contribution in [0.5, 0.6) is 11.5 Å². The molecule has 0 saturated heterocycles. The molecule has 0 saturated carbocycles. The monoisotopic (exact) mass is 298 g/mol. The molecule has 0 radical (unpaired) electrons. The van der Waals surface area contributed by atoms with E-state index in [4.69, 9.17) is 9.47 Å². The number of esters is 2. The lowest BCUT2D eigenvalue weighted by atomic mass is 10.3. The first kappa shape index (κ1) is 17.2. The summed E-state index contributed by atoms with van der Waals surface area (Å²) in [5.41, 5.74) is 0. The van der Waals surface area contributed by atoms with Gasteiger partial charge in [-0.25, -0.2) is 9.59 Å². The van der Waals surface area contributed by atoms with Crippen LogP contribution in [0.4, 0.5) is 0 Å². The first-order chi connectivity index (χ1) is 10.7. The molecule has 0 N–H and O–H groups in total. The zero-order valence-corrected chi connectivity index (χ0v) is 12.6. The molecule has 1 aromatic carbocycles. The van der Waals surface area contributed by atoms with E-state index in [1.54, 1.807) is 60.7 Å². The number of hydrogen-bond donors (Lipinski definition) is 0. The van der Waals surface area contributed by atoms with Crippen LogP contribution in [0.3, 0.4) is 0 Å². The van der Waals surface area contributed by atoms with Gasteiger partial charge in [-0.1, -0.05) is 36.5 Å². The second kappa shape index (κ2) is 9.94. The molecule has 0 aliphatic rings. The Morgan fingerprint density at radius 1 is 0.727 bits per heavy atom. The maximum absolute atomic E-state index is 11.5. The van der Waals surface area contributed by atoms with Gasteiger partial charge in [0.15, 0.2) is 0 Å². The number of hydrogen-bond acceptors (Lipinski definition) is 4. The van der Waals surface area contributed by atoms with Crippen molar-refractivity contribution in [3.05, 3.63) is 72.9 Å². The first-order valence-electron chi connectivity index (χ1n) is 6.78. The minimum absolute atomic E-state index is 0.374. The minimum Gasteiger partial charge on any atom is -0.423 e. The molecule has 0 heterocycles. The van der Waals surface area contributed by atoms with Crippen LogP contribution in [0, 0.1) is 0 Å². The van der Waals surface area contributed by atoms with Crippen LogP contribution < -0.4 is 9.47 Å². The zero-order valence-electron chi connectivity index (χ0n) is 12.6. The molecule has 1 rings (SSSR count). The van der Waals surface area contributed by atoms with Crippen LogP contribution in [-0.4, -0.2) is 11.9 Å². The van der Waals surface area contributed by atoms with Crippen molar-refractivity contribution in [1.29, 1.82) is 0 Å². The second-order valence-electron chi connectivity index (χ2n) is 4.08. The molecule has 0 aliphatic carbocycles. The van der Waals surface area contributed by atoms with E-state index in [0.717, 1.165) is 0 Å². The number of rotatable bonds is 6. The minimum atomic E-state index is -0.475. The Hall–Kier alpha value is -2.88. The van der Waals surface area contributed by atoms with E-state index in [9.17, 15) is 9.59 Å². The third kappa shape index (κ3) is 7.05. The standard InChI is InChI=1S/C18H18O4/c1-3-5-7-9-17(19)21-15-11-13-16(14-12-15)22-18(20)10-8-6-4-2/h3-14H,1-2H3. The first-order valence-corrected chi connectivity index (χ1v) is 6.78. The highest BCUT2D eigenvalue weighted by molar-refractivity contribution is 5.85. The molecule has 0 atom stereocenters. The third-order valence-corrected chi connectivity index (χ3v) is 2.33. The number of allylic oxidation sites excluding steroid dienone is 6. The number of ether oxygens (including phenoxy) is 2. The van der Waals surface area contributed by atoms with Crippen molar-refractivity contribution >= 4 is 11.9 Å². The van der Waals surface area contributed by atoms with Crippen molar-refractivity contribution in [2.75, 3.05) is 0 Å². The number of carbonyl (C=O) groups is 2. The number of carbonyl (C=O) groups excluding carboxylic acids is 2. The van der Waals surface area contributed by atoms with E-state index in [1.807, 2.05) is 13.8 Å². The highest BCUT2D eigenvalue weighted by atomic mass is 16.5. The largest absolute Gasteiger partial charge is 0.423 e. The van der Waals surface area contributed by atoms with Crippen molar-refractivity contribution in [2.45, 2.75) is 13.8 Å². The summed E-state index contributed by atoms with van der Waals surface area (Å²) in [6.45, 7) is 3.70. The fraction of sp³-hybridized carbons (Fsp3) is 0.111. The van der Waals surface area contributed by atoms with Crippen LogP contribution in [0.15, 0.2) is 72.9 Å². The summed E-state index contributed by atoms with van der Waals surface area (Å²) in [5.74, 6) is -0.201. The zero-order chi connectivity index (χ0) is 16.2. The lowest BCUT2D eigenvalue weighted by Gasteiger charge is -2.03. The molecule has 1 aromatic rings. The van der Waals surface area contributed by atoms with E-state index in [-0.39, 0.29) is 0 Å². The SMILES string of the molecule is CC=CC=CC(=O)Oc1ccc(OC(=O)C=CC=CC)cc1. The smallest absolute Gasteiger partial charge is 0.336 e. The average Bonchev–Trinajstić information content (AvgIpc) is 2.50. The molecule has 4 heteroatoms. The Labute approximate surface area is 130 Å². The molecular weight excluding hydrogens is 280 g/mol. The third-order valence-electron chi connectivity index (χ3n) is 2.33. The maximum atomic E-state index is 11.5. The topological polar surface area (TPSA) is 52.6 Å². The second-order valence-corrected chi connectivity index (χ2v) is 4.08. The van der Waals surface area contributed by atoms with Crippen LogP contribution in [0.1, 0.15) is 13.8 Å². The lowest BCUT2D eigenvalue weighted by molar-refractivity contribution is -0.130. The van der Waals surface area contributed by atoms with Gasteiger partial charge in [0.1, 0.15) is 11.5 Å². The van der Waals surface area contributed by atoms with Gasteiger partial charge in [-0.15, -0.1) is 0 Å². The summed E-state index contributed by atoms with van der Waals surface area (Å²) in [5, 5.41) is 0. The summed E-state index contributed by atoms with van der Waals surface area (Å²) < 4.78 is 10.2. The van der Waals surface area contributed by atoms with Crippen LogP contribution in [0.25, 0.3) is 0 Å². The van der Waals surface area contributed by atoms with E-state index >= 15 is 0 Å². The van der Waals surface area contributed by atoms with E-state index in [0.29, 0.717) is 11.5 Å². The molecule has 22 heavy (non-hydrogen) atoms. The van der Waals surface area contributed by atoms with Crippen LogP contribution in [-0.2, 0) is 9.59 Å². The fourth-order valence-electron chi connectivity index (χ4n) is 1.37. The normalized spacial score (nSPS) is 11.7. The van der Waals surface area contributed by atoms with E-state index < -0.39 is 11.9 Å². The molecule has 0 aromatic heterocycles. The Bertz CT molecular complexity index is 549. The highest BCUT2D eigenvalue weighted by Crippen LogP contribution is 2.18. The molecule has 0 amide bonds. The molecule has 0 bridgehead atoms. The average molecular weight is 298 g/mol. The van der Waals surface area contributed by atoms with Gasteiger partial charge in [0.25, 0.3) is 0 Å². The van der Waals surface area contributed by atoms with Crippen molar-refractivity contribution in [3.8, 4) is 11.5 Å². The van der Waals surface area contributed by atoms with Gasteiger partial charge in [-0.05, 0) is 38.1 Å². The molecule has 114 valence electrons. The van der Waals surface area contributed by atoms with Crippen molar-refractivity contribution in [1.82, 2.24) is 0 Å². The van der Waals surface area contributed by atoms with Gasteiger partial charge in [0.2, 0.25) is 0 Å². The summed E-state index contributed by atoms with van der Waals surface area (Å²) >= 11 is 0. The molecule has 0 aliphatic heterocycles. The van der Waals surface area contributed by atoms with Crippen molar-refractivity contribution < 1.29 is 19.1 Å². The lowest BCUT2D eigenvalue weighted by Crippen LogP contribution is -2.05. The molecule has 0 spiro atoms. The fourth-order valence-corrected chi connectivity index (χ4v) is 1.37. The Morgan fingerprint density at radius 2 is 1.09 bits per heavy atom. The van der Waals surface area contributed by atoms with Gasteiger partial charge in [0, 0.05) is 12.2 Å². The Balaban J connectivity index is 2.56. The predicted octanol–water partition coefficient (Wildman–Crippen LogP) is 3.76. The van der Waals surface area contributed by atoms with Crippen molar-refractivity contribution in [3.63, 3.8) is 0 Å².